The van der Waals surface area contributed by atoms with E-state index in [0.717, 1.165) is 21.9 Å². The van der Waals surface area contributed by atoms with Gasteiger partial charge in [-0.1, -0.05) is 18.2 Å². The van der Waals surface area contributed by atoms with E-state index < -0.39 is 0 Å². The van der Waals surface area contributed by atoms with Crippen molar-refractivity contribution in [2.45, 2.75) is 0 Å². The standard InChI is InChI=1S/C12H10N2O/c13-7-5-9(14)12-8-3-1-2-4-10(8)15-11(12)6-7/h1-6H,13-14H2. The number of furan rings is 1. The first-order valence-corrected chi connectivity index (χ1v) is 4.72. The number of fused-ring (bicyclic) bond motifs is 3. The van der Waals surface area contributed by atoms with Crippen molar-refractivity contribution in [1.82, 2.24) is 0 Å². The lowest BCUT2D eigenvalue weighted by Gasteiger charge is -1.97. The maximum Gasteiger partial charge on any atom is 0.139 e. The summed E-state index contributed by atoms with van der Waals surface area (Å²) in [4.78, 5) is 0. The summed E-state index contributed by atoms with van der Waals surface area (Å²) in [6.07, 6.45) is 0. The Hall–Kier alpha value is -2.16. The zero-order valence-electron chi connectivity index (χ0n) is 8.03. The van der Waals surface area contributed by atoms with Crippen molar-refractivity contribution in [2.75, 3.05) is 11.5 Å². The molecule has 0 radical (unpaired) electrons. The Bertz CT molecular complexity index is 655. The van der Waals surface area contributed by atoms with Gasteiger partial charge in [0, 0.05) is 22.8 Å². The smallest absolute Gasteiger partial charge is 0.139 e. The highest BCUT2D eigenvalue weighted by atomic mass is 16.3. The van der Waals surface area contributed by atoms with E-state index in [0.29, 0.717) is 11.4 Å². The number of nitrogens with two attached hydrogens (primary N) is 2. The van der Waals surface area contributed by atoms with Crippen LogP contribution >= 0.6 is 0 Å². The molecule has 3 heteroatoms. The van der Waals surface area contributed by atoms with Crippen LogP contribution in [0.2, 0.25) is 0 Å². The molecule has 4 N–H and O–H groups in total. The van der Waals surface area contributed by atoms with Crippen LogP contribution in [0.1, 0.15) is 0 Å². The lowest BCUT2D eigenvalue weighted by atomic mass is 10.1. The predicted octanol–water partition coefficient (Wildman–Crippen LogP) is 2.75. The number of rotatable bonds is 0. The molecule has 0 aliphatic carbocycles. The fourth-order valence-electron chi connectivity index (χ4n) is 1.91. The summed E-state index contributed by atoms with van der Waals surface area (Å²) in [5, 5.41) is 1.98. The molecule has 0 saturated carbocycles. The summed E-state index contributed by atoms with van der Waals surface area (Å²) in [5.41, 5.74) is 14.5. The minimum atomic E-state index is 0.624. The van der Waals surface area contributed by atoms with Gasteiger partial charge in [0.25, 0.3) is 0 Å². The summed E-state index contributed by atoms with van der Waals surface area (Å²) < 4.78 is 5.65. The van der Waals surface area contributed by atoms with Crippen molar-refractivity contribution in [3.05, 3.63) is 36.4 Å². The molecule has 2 aromatic carbocycles. The Kier molecular flexibility index (Phi) is 1.45. The molecule has 0 atom stereocenters. The van der Waals surface area contributed by atoms with Crippen LogP contribution in [0.3, 0.4) is 0 Å². The van der Waals surface area contributed by atoms with Crippen molar-refractivity contribution < 1.29 is 4.42 Å². The second-order valence-electron chi connectivity index (χ2n) is 3.58. The molecule has 1 heterocycles. The van der Waals surface area contributed by atoms with Gasteiger partial charge in [0.05, 0.1) is 5.39 Å². The normalized spacial score (nSPS) is 11.2. The van der Waals surface area contributed by atoms with Crippen molar-refractivity contribution in [1.29, 1.82) is 0 Å². The number of nitrogen functional groups attached to an aromatic ring is 2. The molecule has 0 amide bonds. The van der Waals surface area contributed by atoms with E-state index in [2.05, 4.69) is 0 Å². The minimum absolute atomic E-state index is 0.624. The van der Waals surface area contributed by atoms with Crippen LogP contribution in [0.4, 0.5) is 11.4 Å². The molecule has 0 unspecified atom stereocenters. The quantitative estimate of drug-likeness (QED) is 0.546. The SMILES string of the molecule is Nc1cc(N)c2c(c1)oc1ccccc12. The van der Waals surface area contributed by atoms with Gasteiger partial charge in [-0.05, 0) is 12.1 Å². The predicted molar refractivity (Wildman–Crippen MR) is 62.5 cm³/mol. The van der Waals surface area contributed by atoms with Crippen LogP contribution in [0.25, 0.3) is 21.9 Å². The van der Waals surface area contributed by atoms with Gasteiger partial charge in [-0.25, -0.2) is 0 Å². The molecular weight excluding hydrogens is 188 g/mol. The number of hydrogen-bond donors (Lipinski definition) is 2. The third-order valence-corrected chi connectivity index (χ3v) is 2.53. The van der Waals surface area contributed by atoms with Gasteiger partial charge in [0.1, 0.15) is 11.2 Å². The highest BCUT2D eigenvalue weighted by Gasteiger charge is 2.09. The topological polar surface area (TPSA) is 65.2 Å². The molecule has 3 aromatic rings. The lowest BCUT2D eigenvalue weighted by molar-refractivity contribution is 0.669. The summed E-state index contributed by atoms with van der Waals surface area (Å²) in [7, 11) is 0. The van der Waals surface area contributed by atoms with E-state index in [1.54, 1.807) is 12.1 Å². The number of hydrogen-bond acceptors (Lipinski definition) is 3. The third-order valence-electron chi connectivity index (χ3n) is 2.53. The van der Waals surface area contributed by atoms with Crippen LogP contribution in [0.5, 0.6) is 0 Å². The van der Waals surface area contributed by atoms with Gasteiger partial charge in [-0.2, -0.15) is 0 Å². The van der Waals surface area contributed by atoms with Gasteiger partial charge in [0.2, 0.25) is 0 Å². The second kappa shape index (κ2) is 2.67. The van der Waals surface area contributed by atoms with Crippen molar-refractivity contribution in [2.24, 2.45) is 0 Å². The molecule has 0 aliphatic rings. The van der Waals surface area contributed by atoms with E-state index in [1.807, 2.05) is 24.3 Å². The van der Waals surface area contributed by atoms with Crippen molar-refractivity contribution in [3.63, 3.8) is 0 Å². The van der Waals surface area contributed by atoms with Gasteiger partial charge < -0.3 is 15.9 Å². The zero-order chi connectivity index (χ0) is 10.4. The molecule has 0 saturated heterocycles. The van der Waals surface area contributed by atoms with E-state index in [9.17, 15) is 0 Å². The molecular formula is C12H10N2O. The molecule has 74 valence electrons. The maximum absolute atomic E-state index is 5.93. The van der Waals surface area contributed by atoms with E-state index in [4.69, 9.17) is 15.9 Å². The highest BCUT2D eigenvalue weighted by Crippen LogP contribution is 2.34. The molecule has 0 spiro atoms. The first-order chi connectivity index (χ1) is 7.25. The van der Waals surface area contributed by atoms with Crippen molar-refractivity contribution >= 4 is 33.3 Å². The Morgan fingerprint density at radius 2 is 1.73 bits per heavy atom. The van der Waals surface area contributed by atoms with E-state index >= 15 is 0 Å². The van der Waals surface area contributed by atoms with Gasteiger partial charge in [-0.3, -0.25) is 0 Å². The van der Waals surface area contributed by atoms with E-state index in [1.165, 1.54) is 0 Å². The van der Waals surface area contributed by atoms with Crippen LogP contribution < -0.4 is 11.5 Å². The average Bonchev–Trinajstić information content (AvgIpc) is 2.54. The zero-order valence-corrected chi connectivity index (χ0v) is 8.03. The highest BCUT2D eigenvalue weighted by molar-refractivity contribution is 6.11. The Morgan fingerprint density at radius 1 is 0.933 bits per heavy atom. The first kappa shape index (κ1) is 8.17. The molecule has 0 aliphatic heterocycles. The molecule has 15 heavy (non-hydrogen) atoms. The van der Waals surface area contributed by atoms with Crippen LogP contribution in [-0.2, 0) is 0 Å². The second-order valence-corrected chi connectivity index (χ2v) is 3.58. The third kappa shape index (κ3) is 1.06. The Labute approximate surface area is 86.3 Å². The Morgan fingerprint density at radius 3 is 2.60 bits per heavy atom. The summed E-state index contributed by atoms with van der Waals surface area (Å²) in [6, 6.07) is 11.4. The molecule has 3 nitrogen and oxygen atoms in total. The van der Waals surface area contributed by atoms with Gasteiger partial charge >= 0.3 is 0 Å². The first-order valence-electron chi connectivity index (χ1n) is 4.72. The summed E-state index contributed by atoms with van der Waals surface area (Å²) in [6.45, 7) is 0. The summed E-state index contributed by atoms with van der Waals surface area (Å²) >= 11 is 0. The largest absolute Gasteiger partial charge is 0.456 e. The minimum Gasteiger partial charge on any atom is -0.456 e. The number of anilines is 2. The van der Waals surface area contributed by atoms with Gasteiger partial charge in [-0.15, -0.1) is 0 Å². The summed E-state index contributed by atoms with van der Waals surface area (Å²) in [5.74, 6) is 0. The number of para-hydroxylation sites is 1. The van der Waals surface area contributed by atoms with Crippen LogP contribution in [0, 0.1) is 0 Å². The average molecular weight is 198 g/mol. The maximum atomic E-state index is 5.93. The van der Waals surface area contributed by atoms with E-state index in [-0.39, 0.29) is 0 Å². The molecule has 3 rings (SSSR count). The van der Waals surface area contributed by atoms with Gasteiger partial charge in [0.15, 0.2) is 0 Å². The van der Waals surface area contributed by atoms with Crippen molar-refractivity contribution in [3.8, 4) is 0 Å². The monoisotopic (exact) mass is 198 g/mol. The molecule has 0 fully saturated rings. The Balaban J connectivity index is 2.61. The fourth-order valence-corrected chi connectivity index (χ4v) is 1.91. The lowest BCUT2D eigenvalue weighted by Crippen LogP contribution is -1.89. The van der Waals surface area contributed by atoms with Crippen LogP contribution in [0.15, 0.2) is 40.8 Å². The fraction of sp³-hybridized carbons (Fsp3) is 0. The van der Waals surface area contributed by atoms with Crippen LogP contribution in [-0.4, -0.2) is 0 Å². The number of benzene rings is 2. The molecule has 1 aromatic heterocycles. The molecule has 0 bridgehead atoms.